The van der Waals surface area contributed by atoms with E-state index in [4.69, 9.17) is 0 Å². The third kappa shape index (κ3) is 5.08. The van der Waals surface area contributed by atoms with E-state index in [1.165, 1.54) is 18.2 Å². The number of hydrogen-bond acceptors (Lipinski definition) is 4. The molecular weight excluding hydrogens is 378 g/mol. The van der Waals surface area contributed by atoms with Gasteiger partial charge in [-0.1, -0.05) is 12.1 Å². The fourth-order valence-corrected chi connectivity index (χ4v) is 3.05. The summed E-state index contributed by atoms with van der Waals surface area (Å²) in [4.78, 5) is 21.8. The van der Waals surface area contributed by atoms with Gasteiger partial charge < -0.3 is 15.5 Å². The van der Waals surface area contributed by atoms with E-state index in [0.29, 0.717) is 25.6 Å². The number of urea groups is 1. The SMILES string of the molecule is O=C(NCC1CCN(c2ncc(F)cn2)CC1)Nc1ccccc1C(F)(F)F. The summed E-state index contributed by atoms with van der Waals surface area (Å²) in [6, 6.07) is 4.15. The van der Waals surface area contributed by atoms with Crippen LogP contribution in [0.4, 0.5) is 34.0 Å². The van der Waals surface area contributed by atoms with Crippen molar-refractivity contribution in [2.75, 3.05) is 29.9 Å². The van der Waals surface area contributed by atoms with Crippen LogP contribution in [0, 0.1) is 11.7 Å². The molecule has 2 heterocycles. The molecule has 2 aromatic rings. The molecule has 0 saturated carbocycles. The number of carbonyl (C=O) groups is 1. The van der Waals surface area contributed by atoms with E-state index in [1.54, 1.807) is 0 Å². The van der Waals surface area contributed by atoms with E-state index < -0.39 is 23.6 Å². The molecule has 0 atom stereocenters. The van der Waals surface area contributed by atoms with E-state index in [-0.39, 0.29) is 11.6 Å². The number of nitrogens with one attached hydrogen (secondary N) is 2. The van der Waals surface area contributed by atoms with Crippen molar-refractivity contribution >= 4 is 17.7 Å². The Morgan fingerprint density at radius 3 is 2.43 bits per heavy atom. The van der Waals surface area contributed by atoms with Gasteiger partial charge in [0.25, 0.3) is 0 Å². The number of piperidine rings is 1. The van der Waals surface area contributed by atoms with Crippen molar-refractivity contribution in [3.63, 3.8) is 0 Å². The second-order valence-corrected chi connectivity index (χ2v) is 6.51. The highest BCUT2D eigenvalue weighted by Crippen LogP contribution is 2.34. The lowest BCUT2D eigenvalue weighted by Crippen LogP contribution is -2.40. The fraction of sp³-hybridized carbons (Fsp3) is 0.389. The van der Waals surface area contributed by atoms with Gasteiger partial charge in [-0.05, 0) is 30.9 Å². The quantitative estimate of drug-likeness (QED) is 0.773. The summed E-state index contributed by atoms with van der Waals surface area (Å²) in [5.74, 6) is 0.135. The van der Waals surface area contributed by atoms with Gasteiger partial charge in [0.05, 0.1) is 23.6 Å². The largest absolute Gasteiger partial charge is 0.418 e. The van der Waals surface area contributed by atoms with E-state index in [1.807, 2.05) is 4.90 Å². The van der Waals surface area contributed by atoms with Crippen LogP contribution in [0.3, 0.4) is 0 Å². The number of para-hydroxylation sites is 1. The Morgan fingerprint density at radius 1 is 1.14 bits per heavy atom. The van der Waals surface area contributed by atoms with Crippen molar-refractivity contribution in [2.24, 2.45) is 5.92 Å². The first-order valence-electron chi connectivity index (χ1n) is 8.76. The molecule has 1 aromatic heterocycles. The Bertz CT molecular complexity index is 804. The number of amides is 2. The molecule has 150 valence electrons. The van der Waals surface area contributed by atoms with Crippen LogP contribution in [-0.2, 0) is 6.18 Å². The van der Waals surface area contributed by atoms with Crippen LogP contribution in [0.1, 0.15) is 18.4 Å². The molecule has 1 fully saturated rings. The molecule has 2 N–H and O–H groups in total. The zero-order valence-electron chi connectivity index (χ0n) is 14.8. The summed E-state index contributed by atoms with van der Waals surface area (Å²) in [5.41, 5.74) is -1.17. The lowest BCUT2D eigenvalue weighted by molar-refractivity contribution is -0.136. The minimum absolute atomic E-state index is 0.181. The van der Waals surface area contributed by atoms with Gasteiger partial charge in [-0.3, -0.25) is 0 Å². The number of nitrogens with zero attached hydrogens (tertiary/aromatic N) is 3. The smallest absolute Gasteiger partial charge is 0.341 e. The molecular formula is C18H19F4N5O. The maximum Gasteiger partial charge on any atom is 0.418 e. The normalized spacial score (nSPS) is 15.4. The standard InChI is InChI=1S/C18H19F4N5O/c19-13-10-23-16(24-11-13)27-7-5-12(6-8-27)9-25-17(28)26-15-4-2-1-3-14(15)18(20,21)22/h1-4,10-12H,5-9H2,(H2,25,26,28). The van der Waals surface area contributed by atoms with Crippen molar-refractivity contribution in [1.29, 1.82) is 0 Å². The lowest BCUT2D eigenvalue weighted by Gasteiger charge is -2.32. The number of benzene rings is 1. The third-order valence-corrected chi connectivity index (χ3v) is 4.54. The van der Waals surface area contributed by atoms with E-state index in [9.17, 15) is 22.4 Å². The Hall–Kier alpha value is -2.91. The second kappa shape index (κ2) is 8.41. The van der Waals surface area contributed by atoms with Gasteiger partial charge in [0.2, 0.25) is 5.95 Å². The van der Waals surface area contributed by atoms with Crippen molar-refractivity contribution in [1.82, 2.24) is 15.3 Å². The maximum absolute atomic E-state index is 13.0. The summed E-state index contributed by atoms with van der Waals surface area (Å²) < 4.78 is 51.8. The number of carbonyl (C=O) groups excluding carboxylic acids is 1. The topological polar surface area (TPSA) is 70.2 Å². The number of anilines is 2. The summed E-state index contributed by atoms with van der Waals surface area (Å²) in [6.45, 7) is 1.64. The molecule has 1 aliphatic rings. The van der Waals surface area contributed by atoms with Gasteiger partial charge in [-0.25, -0.2) is 19.2 Å². The molecule has 1 saturated heterocycles. The Kier molecular flexibility index (Phi) is 5.96. The van der Waals surface area contributed by atoms with Crippen LogP contribution in [0.5, 0.6) is 0 Å². The average molecular weight is 397 g/mol. The first kappa shape index (κ1) is 19.8. The van der Waals surface area contributed by atoms with Gasteiger partial charge in [0.15, 0.2) is 5.82 Å². The molecule has 1 aromatic carbocycles. The van der Waals surface area contributed by atoms with Gasteiger partial charge in [0, 0.05) is 19.6 Å². The van der Waals surface area contributed by atoms with Crippen LogP contribution in [0.2, 0.25) is 0 Å². The van der Waals surface area contributed by atoms with E-state index in [0.717, 1.165) is 31.3 Å². The number of hydrogen-bond donors (Lipinski definition) is 2. The average Bonchev–Trinajstić information content (AvgIpc) is 2.67. The highest BCUT2D eigenvalue weighted by Gasteiger charge is 2.33. The fourth-order valence-electron chi connectivity index (χ4n) is 3.05. The number of alkyl halides is 3. The molecule has 0 aliphatic carbocycles. The molecule has 1 aliphatic heterocycles. The minimum atomic E-state index is -4.54. The molecule has 2 amide bonds. The molecule has 0 spiro atoms. The Labute approximate surface area is 159 Å². The van der Waals surface area contributed by atoms with Gasteiger partial charge >= 0.3 is 12.2 Å². The number of aromatic nitrogens is 2. The van der Waals surface area contributed by atoms with Crippen molar-refractivity contribution < 1.29 is 22.4 Å². The number of halogens is 4. The molecule has 3 rings (SSSR count). The second-order valence-electron chi connectivity index (χ2n) is 6.51. The molecule has 0 unspecified atom stereocenters. The summed E-state index contributed by atoms with van der Waals surface area (Å²) >= 11 is 0. The molecule has 0 bridgehead atoms. The lowest BCUT2D eigenvalue weighted by atomic mass is 9.97. The van der Waals surface area contributed by atoms with E-state index in [2.05, 4.69) is 20.6 Å². The van der Waals surface area contributed by atoms with Crippen LogP contribution in [-0.4, -0.2) is 35.6 Å². The Balaban J connectivity index is 1.47. The molecule has 6 nitrogen and oxygen atoms in total. The van der Waals surface area contributed by atoms with Crippen LogP contribution in [0.15, 0.2) is 36.7 Å². The summed E-state index contributed by atoms with van der Waals surface area (Å²) in [6.07, 6.45) is -0.822. The van der Waals surface area contributed by atoms with Crippen molar-refractivity contribution in [3.8, 4) is 0 Å². The third-order valence-electron chi connectivity index (χ3n) is 4.54. The predicted molar refractivity (Wildman–Crippen MR) is 95.4 cm³/mol. The van der Waals surface area contributed by atoms with Crippen LogP contribution >= 0.6 is 0 Å². The van der Waals surface area contributed by atoms with Crippen molar-refractivity contribution in [3.05, 3.63) is 48.0 Å². The maximum atomic E-state index is 13.0. The zero-order chi connectivity index (χ0) is 20.1. The Morgan fingerprint density at radius 2 is 1.79 bits per heavy atom. The van der Waals surface area contributed by atoms with Crippen LogP contribution < -0.4 is 15.5 Å². The van der Waals surface area contributed by atoms with E-state index >= 15 is 0 Å². The van der Waals surface area contributed by atoms with Gasteiger partial charge in [-0.2, -0.15) is 13.2 Å². The van der Waals surface area contributed by atoms with Gasteiger partial charge in [0.1, 0.15) is 0 Å². The summed E-state index contributed by atoms with van der Waals surface area (Å²) in [5, 5.41) is 4.89. The predicted octanol–water partition coefficient (Wildman–Crippen LogP) is 3.67. The van der Waals surface area contributed by atoms with Crippen LogP contribution in [0.25, 0.3) is 0 Å². The zero-order valence-corrected chi connectivity index (χ0v) is 14.8. The molecule has 10 heteroatoms. The molecule has 28 heavy (non-hydrogen) atoms. The monoisotopic (exact) mass is 397 g/mol. The first-order valence-corrected chi connectivity index (χ1v) is 8.76. The van der Waals surface area contributed by atoms with Crippen molar-refractivity contribution in [2.45, 2.75) is 19.0 Å². The first-order chi connectivity index (χ1) is 13.3. The summed E-state index contributed by atoms with van der Waals surface area (Å²) in [7, 11) is 0. The molecule has 0 radical (unpaired) electrons. The number of rotatable bonds is 4. The highest BCUT2D eigenvalue weighted by molar-refractivity contribution is 5.90. The minimum Gasteiger partial charge on any atom is -0.341 e. The highest BCUT2D eigenvalue weighted by atomic mass is 19.4. The van der Waals surface area contributed by atoms with Gasteiger partial charge in [-0.15, -0.1) is 0 Å².